The van der Waals surface area contributed by atoms with Gasteiger partial charge in [0.25, 0.3) is 0 Å². The molecule has 1 heterocycles. The molecule has 2 aromatic rings. The number of hydrogen-bond acceptors (Lipinski definition) is 6. The molecule has 0 fully saturated rings. The molecular weight excluding hydrogens is 347 g/mol. The molecule has 0 spiro atoms. The van der Waals surface area contributed by atoms with Crippen LogP contribution >= 0.6 is 0 Å². The predicted molar refractivity (Wildman–Crippen MR) is 93.2 cm³/mol. The minimum Gasteiger partial charge on any atom is -0.492 e. The number of halogens is 3. The quantitative estimate of drug-likeness (QED) is 0.805. The standard InChI is InChI=1S/C17H22F3N5O/c1-4-25(16-23-14(11(2)3)22-15(21)24-16)8-9-26-13-7-5-6-12(10-13)17(18,19)20/h5-7,10-11H,4,8-9H2,1-3H3,(H2,21,22,23,24). The van der Waals surface area contributed by atoms with Crippen LogP contribution in [0.5, 0.6) is 5.75 Å². The van der Waals surface area contributed by atoms with Crippen LogP contribution in [0.2, 0.25) is 0 Å². The highest BCUT2D eigenvalue weighted by molar-refractivity contribution is 5.35. The van der Waals surface area contributed by atoms with Crippen molar-refractivity contribution in [2.45, 2.75) is 32.9 Å². The van der Waals surface area contributed by atoms with Crippen molar-refractivity contribution in [1.29, 1.82) is 0 Å². The number of nitrogens with two attached hydrogens (primary N) is 1. The van der Waals surface area contributed by atoms with Gasteiger partial charge in [-0.25, -0.2) is 0 Å². The van der Waals surface area contributed by atoms with Gasteiger partial charge in [-0.3, -0.25) is 0 Å². The molecule has 26 heavy (non-hydrogen) atoms. The molecule has 0 unspecified atom stereocenters. The Labute approximate surface area is 150 Å². The highest BCUT2D eigenvalue weighted by atomic mass is 19.4. The summed E-state index contributed by atoms with van der Waals surface area (Å²) in [6.07, 6.45) is -4.40. The van der Waals surface area contributed by atoms with E-state index in [0.29, 0.717) is 24.9 Å². The van der Waals surface area contributed by atoms with E-state index in [2.05, 4.69) is 15.0 Å². The number of anilines is 2. The van der Waals surface area contributed by atoms with Crippen LogP contribution in [0.4, 0.5) is 25.1 Å². The second kappa shape index (κ2) is 8.20. The molecule has 0 saturated heterocycles. The minimum absolute atomic E-state index is 0.0964. The number of rotatable bonds is 7. The van der Waals surface area contributed by atoms with Crippen molar-refractivity contribution in [3.63, 3.8) is 0 Å². The molecule has 0 bridgehead atoms. The van der Waals surface area contributed by atoms with Crippen molar-refractivity contribution >= 4 is 11.9 Å². The van der Waals surface area contributed by atoms with Crippen LogP contribution in [-0.2, 0) is 6.18 Å². The van der Waals surface area contributed by atoms with E-state index in [4.69, 9.17) is 10.5 Å². The third kappa shape index (κ3) is 5.21. The van der Waals surface area contributed by atoms with E-state index in [0.717, 1.165) is 12.1 Å². The lowest BCUT2D eigenvalue weighted by Crippen LogP contribution is -2.30. The van der Waals surface area contributed by atoms with Gasteiger partial charge in [0.05, 0.1) is 12.1 Å². The lowest BCUT2D eigenvalue weighted by molar-refractivity contribution is -0.137. The third-order valence-electron chi connectivity index (χ3n) is 3.63. The monoisotopic (exact) mass is 369 g/mol. The Hall–Kier alpha value is -2.58. The Kier molecular flexibility index (Phi) is 6.23. The number of alkyl halides is 3. The van der Waals surface area contributed by atoms with Crippen LogP contribution in [0.1, 0.15) is 38.1 Å². The second-order valence-corrected chi connectivity index (χ2v) is 5.96. The number of likely N-dealkylation sites (N-methyl/N-ethyl adjacent to an activating group) is 1. The average Bonchev–Trinajstić information content (AvgIpc) is 2.57. The van der Waals surface area contributed by atoms with Crippen LogP contribution in [0.25, 0.3) is 0 Å². The highest BCUT2D eigenvalue weighted by Gasteiger charge is 2.30. The fourth-order valence-corrected chi connectivity index (χ4v) is 2.23. The van der Waals surface area contributed by atoms with E-state index in [-0.39, 0.29) is 24.2 Å². The smallest absolute Gasteiger partial charge is 0.416 e. The Morgan fingerprint density at radius 1 is 1.19 bits per heavy atom. The summed E-state index contributed by atoms with van der Waals surface area (Å²) < 4.78 is 43.7. The van der Waals surface area contributed by atoms with Gasteiger partial charge in [-0.15, -0.1) is 0 Å². The van der Waals surface area contributed by atoms with Crippen molar-refractivity contribution in [1.82, 2.24) is 15.0 Å². The maximum Gasteiger partial charge on any atom is 0.416 e. The van der Waals surface area contributed by atoms with Crippen LogP contribution in [0.15, 0.2) is 24.3 Å². The molecule has 0 atom stereocenters. The molecule has 6 nitrogen and oxygen atoms in total. The zero-order valence-corrected chi connectivity index (χ0v) is 14.9. The molecule has 142 valence electrons. The van der Waals surface area contributed by atoms with Crippen molar-refractivity contribution in [2.24, 2.45) is 0 Å². The van der Waals surface area contributed by atoms with Gasteiger partial charge in [-0.2, -0.15) is 28.1 Å². The third-order valence-corrected chi connectivity index (χ3v) is 3.63. The van der Waals surface area contributed by atoms with Gasteiger partial charge in [0, 0.05) is 12.5 Å². The Morgan fingerprint density at radius 3 is 2.54 bits per heavy atom. The second-order valence-electron chi connectivity index (χ2n) is 5.96. The molecule has 0 amide bonds. The van der Waals surface area contributed by atoms with E-state index in [1.165, 1.54) is 12.1 Å². The molecular formula is C17H22F3N5O. The highest BCUT2D eigenvalue weighted by Crippen LogP contribution is 2.31. The summed E-state index contributed by atoms with van der Waals surface area (Å²) in [6, 6.07) is 4.79. The zero-order valence-electron chi connectivity index (χ0n) is 14.9. The molecule has 1 aromatic heterocycles. The van der Waals surface area contributed by atoms with Crippen LogP contribution in [0.3, 0.4) is 0 Å². The van der Waals surface area contributed by atoms with Crippen LogP contribution in [0, 0.1) is 0 Å². The average molecular weight is 369 g/mol. The van der Waals surface area contributed by atoms with Crippen LogP contribution < -0.4 is 15.4 Å². The van der Waals surface area contributed by atoms with Gasteiger partial charge in [0.1, 0.15) is 18.2 Å². The number of ether oxygens (including phenoxy) is 1. The Balaban J connectivity index is 2.04. The topological polar surface area (TPSA) is 77.2 Å². The first-order valence-electron chi connectivity index (χ1n) is 8.27. The SMILES string of the molecule is CCN(CCOc1cccc(C(F)(F)F)c1)c1nc(N)nc(C(C)C)n1. The molecule has 0 aliphatic rings. The van der Waals surface area contributed by atoms with E-state index in [1.807, 2.05) is 25.7 Å². The van der Waals surface area contributed by atoms with E-state index in [9.17, 15) is 13.2 Å². The molecule has 0 saturated carbocycles. The summed E-state index contributed by atoms with van der Waals surface area (Å²) in [5, 5.41) is 0. The fraction of sp³-hybridized carbons (Fsp3) is 0.471. The Bertz CT molecular complexity index is 737. The summed E-state index contributed by atoms with van der Waals surface area (Å²) in [6.45, 7) is 6.98. The van der Waals surface area contributed by atoms with Crippen molar-refractivity contribution in [2.75, 3.05) is 30.3 Å². The fourth-order valence-electron chi connectivity index (χ4n) is 2.23. The summed E-state index contributed by atoms with van der Waals surface area (Å²) in [5.74, 6) is 1.41. The van der Waals surface area contributed by atoms with Crippen molar-refractivity contribution < 1.29 is 17.9 Å². The first kappa shape index (κ1) is 19.7. The van der Waals surface area contributed by atoms with Gasteiger partial charge in [0.15, 0.2) is 0 Å². The molecule has 1 aromatic carbocycles. The summed E-state index contributed by atoms with van der Waals surface area (Å²) in [7, 11) is 0. The van der Waals surface area contributed by atoms with Gasteiger partial charge in [-0.05, 0) is 25.1 Å². The summed E-state index contributed by atoms with van der Waals surface area (Å²) in [5.41, 5.74) is 5.00. The Morgan fingerprint density at radius 2 is 1.92 bits per heavy atom. The molecule has 9 heteroatoms. The summed E-state index contributed by atoms with van der Waals surface area (Å²) in [4.78, 5) is 14.5. The van der Waals surface area contributed by atoms with E-state index in [1.54, 1.807) is 0 Å². The van der Waals surface area contributed by atoms with Gasteiger partial charge in [0.2, 0.25) is 11.9 Å². The van der Waals surface area contributed by atoms with Gasteiger partial charge < -0.3 is 15.4 Å². The zero-order chi connectivity index (χ0) is 19.3. The number of aromatic nitrogens is 3. The normalized spacial score (nSPS) is 11.7. The maximum atomic E-state index is 12.7. The number of hydrogen-bond donors (Lipinski definition) is 1. The summed E-state index contributed by atoms with van der Waals surface area (Å²) >= 11 is 0. The number of benzene rings is 1. The predicted octanol–water partition coefficient (Wildman–Crippen LogP) is 3.50. The molecule has 0 aliphatic carbocycles. The lowest BCUT2D eigenvalue weighted by atomic mass is 10.2. The molecule has 2 rings (SSSR count). The number of nitrogens with zero attached hydrogens (tertiary/aromatic N) is 4. The van der Waals surface area contributed by atoms with E-state index >= 15 is 0 Å². The van der Waals surface area contributed by atoms with Gasteiger partial charge in [-0.1, -0.05) is 19.9 Å². The maximum absolute atomic E-state index is 12.7. The lowest BCUT2D eigenvalue weighted by Gasteiger charge is -2.22. The largest absolute Gasteiger partial charge is 0.492 e. The van der Waals surface area contributed by atoms with Gasteiger partial charge >= 0.3 is 6.18 Å². The minimum atomic E-state index is -4.40. The molecule has 0 radical (unpaired) electrons. The van der Waals surface area contributed by atoms with Crippen LogP contribution in [-0.4, -0.2) is 34.6 Å². The molecule has 2 N–H and O–H groups in total. The van der Waals surface area contributed by atoms with Crippen molar-refractivity contribution in [3.05, 3.63) is 35.7 Å². The van der Waals surface area contributed by atoms with E-state index < -0.39 is 11.7 Å². The first-order valence-corrected chi connectivity index (χ1v) is 8.27. The first-order chi connectivity index (χ1) is 12.2. The molecule has 0 aliphatic heterocycles. The number of nitrogen functional groups attached to an aromatic ring is 1. The van der Waals surface area contributed by atoms with Crippen molar-refractivity contribution in [3.8, 4) is 5.75 Å².